The Kier molecular flexibility index (Phi) is 7.89. The standard InChI is InChI=1S/C26H25Cl2N3O3S/c1-17-18(2)31(13-12-30(17)22-5-3-4-21(27)15-22)26(33)20-6-7-25(23(28)14-20)35(34)16-24(32)19-8-10-29-11-9-19/h3-11,14-15,17-18H,12-13,16H2,1-2H3/t17-,18-,35?/m0/s1. The second kappa shape index (κ2) is 10.9. The van der Waals surface area contributed by atoms with E-state index in [0.717, 1.165) is 5.69 Å². The molecule has 4 rings (SSSR count). The molecule has 1 amide bonds. The summed E-state index contributed by atoms with van der Waals surface area (Å²) in [6.45, 7) is 5.33. The highest BCUT2D eigenvalue weighted by Gasteiger charge is 2.34. The quantitative estimate of drug-likeness (QED) is 0.414. The first-order valence-electron chi connectivity index (χ1n) is 11.2. The van der Waals surface area contributed by atoms with Crippen LogP contribution < -0.4 is 4.90 Å². The predicted octanol–water partition coefficient (Wildman–Crippen LogP) is 5.12. The molecule has 2 aromatic carbocycles. The van der Waals surface area contributed by atoms with Crippen LogP contribution in [-0.2, 0) is 10.8 Å². The minimum Gasteiger partial charge on any atom is -0.365 e. The van der Waals surface area contributed by atoms with E-state index in [9.17, 15) is 13.8 Å². The monoisotopic (exact) mass is 529 g/mol. The van der Waals surface area contributed by atoms with Crippen LogP contribution in [0.4, 0.5) is 5.69 Å². The van der Waals surface area contributed by atoms with E-state index in [4.69, 9.17) is 23.2 Å². The van der Waals surface area contributed by atoms with Gasteiger partial charge in [0.25, 0.3) is 5.91 Å². The Bertz CT molecular complexity index is 1270. The summed E-state index contributed by atoms with van der Waals surface area (Å²) in [5.74, 6) is -0.596. The number of aromatic nitrogens is 1. The van der Waals surface area contributed by atoms with Crippen molar-refractivity contribution in [1.29, 1.82) is 0 Å². The molecule has 2 heterocycles. The maximum atomic E-state index is 13.3. The molecule has 1 saturated heterocycles. The van der Waals surface area contributed by atoms with Crippen LogP contribution in [0.1, 0.15) is 34.6 Å². The maximum Gasteiger partial charge on any atom is 0.254 e. The molecule has 1 aromatic heterocycles. The van der Waals surface area contributed by atoms with Gasteiger partial charge in [-0.15, -0.1) is 0 Å². The van der Waals surface area contributed by atoms with E-state index in [1.807, 2.05) is 36.1 Å². The van der Waals surface area contributed by atoms with Crippen LogP contribution in [0.2, 0.25) is 10.0 Å². The molecule has 1 unspecified atom stereocenters. The summed E-state index contributed by atoms with van der Waals surface area (Å²) in [6, 6.07) is 15.6. The lowest BCUT2D eigenvalue weighted by molar-refractivity contribution is 0.0634. The number of benzene rings is 2. The van der Waals surface area contributed by atoms with Crippen molar-refractivity contribution in [2.24, 2.45) is 0 Å². The van der Waals surface area contributed by atoms with Crippen molar-refractivity contribution >= 4 is 51.4 Å². The molecule has 9 heteroatoms. The number of carbonyl (C=O) groups excluding carboxylic acids is 2. The van der Waals surface area contributed by atoms with Gasteiger partial charge in [-0.3, -0.25) is 18.8 Å². The third-order valence-corrected chi connectivity index (χ3v) is 8.38. The number of anilines is 1. The van der Waals surface area contributed by atoms with E-state index < -0.39 is 10.8 Å². The van der Waals surface area contributed by atoms with Gasteiger partial charge < -0.3 is 9.80 Å². The molecule has 0 aliphatic carbocycles. The van der Waals surface area contributed by atoms with Crippen LogP contribution in [0.5, 0.6) is 0 Å². The Morgan fingerprint density at radius 3 is 2.40 bits per heavy atom. The van der Waals surface area contributed by atoms with Crippen LogP contribution in [0.25, 0.3) is 0 Å². The molecule has 1 aliphatic heterocycles. The fourth-order valence-electron chi connectivity index (χ4n) is 4.25. The summed E-state index contributed by atoms with van der Waals surface area (Å²) in [5.41, 5.74) is 1.89. The fourth-order valence-corrected chi connectivity index (χ4v) is 5.93. The zero-order valence-electron chi connectivity index (χ0n) is 19.4. The molecule has 0 bridgehead atoms. The van der Waals surface area contributed by atoms with Gasteiger partial charge in [0.15, 0.2) is 5.78 Å². The first-order chi connectivity index (χ1) is 16.8. The minimum absolute atomic E-state index is 0.0548. The van der Waals surface area contributed by atoms with E-state index in [0.29, 0.717) is 34.1 Å². The van der Waals surface area contributed by atoms with E-state index in [2.05, 4.69) is 16.8 Å². The van der Waals surface area contributed by atoms with E-state index in [-0.39, 0.29) is 34.5 Å². The molecule has 1 fully saturated rings. The van der Waals surface area contributed by atoms with Crippen LogP contribution in [0.15, 0.2) is 71.9 Å². The number of piperazine rings is 1. The summed E-state index contributed by atoms with van der Waals surface area (Å²) in [5, 5.41) is 0.880. The molecule has 0 radical (unpaired) electrons. The molecule has 35 heavy (non-hydrogen) atoms. The predicted molar refractivity (Wildman–Crippen MR) is 140 cm³/mol. The number of halogens is 2. The van der Waals surface area contributed by atoms with Gasteiger partial charge in [0.05, 0.1) is 26.5 Å². The number of Topliss-reactive ketones (excluding diaryl/α,β-unsaturated/α-hetero) is 1. The van der Waals surface area contributed by atoms with Crippen LogP contribution in [-0.4, -0.2) is 56.7 Å². The van der Waals surface area contributed by atoms with Crippen molar-refractivity contribution in [3.8, 4) is 0 Å². The molecule has 3 aromatic rings. The third-order valence-electron chi connectivity index (χ3n) is 6.35. The molecule has 0 saturated carbocycles. The smallest absolute Gasteiger partial charge is 0.254 e. The van der Waals surface area contributed by atoms with Crippen LogP contribution in [0, 0.1) is 0 Å². The first-order valence-corrected chi connectivity index (χ1v) is 13.3. The number of hydrogen-bond acceptors (Lipinski definition) is 5. The van der Waals surface area contributed by atoms with Gasteiger partial charge >= 0.3 is 0 Å². The lowest BCUT2D eigenvalue weighted by atomic mass is 10.0. The molecule has 0 N–H and O–H groups in total. The van der Waals surface area contributed by atoms with Crippen molar-refractivity contribution in [1.82, 2.24) is 9.88 Å². The van der Waals surface area contributed by atoms with Gasteiger partial charge in [-0.2, -0.15) is 0 Å². The summed E-state index contributed by atoms with van der Waals surface area (Å²) < 4.78 is 12.8. The molecule has 3 atom stereocenters. The summed E-state index contributed by atoms with van der Waals surface area (Å²) in [7, 11) is -1.64. The Labute approximate surface area is 217 Å². The average Bonchev–Trinajstić information content (AvgIpc) is 2.85. The Morgan fingerprint density at radius 2 is 1.71 bits per heavy atom. The van der Waals surface area contributed by atoms with Gasteiger partial charge in [-0.1, -0.05) is 29.3 Å². The topological polar surface area (TPSA) is 70.6 Å². The van der Waals surface area contributed by atoms with Crippen molar-refractivity contribution in [2.75, 3.05) is 23.7 Å². The summed E-state index contributed by atoms with van der Waals surface area (Å²) >= 11 is 12.6. The molecule has 182 valence electrons. The van der Waals surface area contributed by atoms with Crippen molar-refractivity contribution in [3.05, 3.63) is 88.2 Å². The van der Waals surface area contributed by atoms with E-state index >= 15 is 0 Å². The van der Waals surface area contributed by atoms with Gasteiger partial charge in [0.2, 0.25) is 0 Å². The third kappa shape index (κ3) is 5.58. The van der Waals surface area contributed by atoms with Gasteiger partial charge in [-0.05, 0) is 62.4 Å². The Hall–Kier alpha value is -2.74. The SMILES string of the molecule is C[C@H]1[C@H](C)N(c2cccc(Cl)c2)CCN1C(=O)c1ccc(S(=O)CC(=O)c2ccncc2)c(Cl)c1. The highest BCUT2D eigenvalue weighted by atomic mass is 35.5. The van der Waals surface area contributed by atoms with Gasteiger partial charge in [0.1, 0.15) is 0 Å². The van der Waals surface area contributed by atoms with Gasteiger partial charge in [0, 0.05) is 59.4 Å². The zero-order chi connectivity index (χ0) is 25.1. The molecular weight excluding hydrogens is 505 g/mol. The Morgan fingerprint density at radius 1 is 0.971 bits per heavy atom. The average molecular weight is 530 g/mol. The normalized spacial score (nSPS) is 18.9. The van der Waals surface area contributed by atoms with Crippen molar-refractivity contribution in [3.63, 3.8) is 0 Å². The largest absolute Gasteiger partial charge is 0.365 e. The number of amides is 1. The molecule has 0 spiro atoms. The van der Waals surface area contributed by atoms with E-state index in [1.54, 1.807) is 24.3 Å². The second-order valence-corrected chi connectivity index (χ2v) is 10.7. The van der Waals surface area contributed by atoms with Crippen LogP contribution in [0.3, 0.4) is 0 Å². The lowest BCUT2D eigenvalue weighted by Gasteiger charge is -2.46. The Balaban J connectivity index is 1.46. The molecular formula is C26H25Cl2N3O3S. The first kappa shape index (κ1) is 25.4. The van der Waals surface area contributed by atoms with Crippen molar-refractivity contribution in [2.45, 2.75) is 30.8 Å². The van der Waals surface area contributed by atoms with Gasteiger partial charge in [-0.25, -0.2) is 0 Å². The highest BCUT2D eigenvalue weighted by molar-refractivity contribution is 7.86. The number of ketones is 1. The number of nitrogens with zero attached hydrogens (tertiary/aromatic N) is 3. The molecule has 6 nitrogen and oxygen atoms in total. The van der Waals surface area contributed by atoms with E-state index in [1.165, 1.54) is 18.5 Å². The summed E-state index contributed by atoms with van der Waals surface area (Å²) in [4.78, 5) is 34.0. The minimum atomic E-state index is -1.64. The number of carbonyl (C=O) groups is 2. The van der Waals surface area contributed by atoms with Crippen molar-refractivity contribution < 1.29 is 13.8 Å². The number of pyridine rings is 1. The fraction of sp³-hybridized carbons (Fsp3) is 0.269. The summed E-state index contributed by atoms with van der Waals surface area (Å²) in [6.07, 6.45) is 3.03. The number of rotatable bonds is 6. The highest BCUT2D eigenvalue weighted by Crippen LogP contribution is 2.29. The molecule has 1 aliphatic rings. The van der Waals surface area contributed by atoms with Crippen LogP contribution >= 0.6 is 23.2 Å². The number of hydrogen-bond donors (Lipinski definition) is 0. The lowest BCUT2D eigenvalue weighted by Crippen LogP contribution is -2.59. The second-order valence-electron chi connectivity index (χ2n) is 8.45. The maximum absolute atomic E-state index is 13.3. The zero-order valence-corrected chi connectivity index (χ0v) is 21.7.